The van der Waals surface area contributed by atoms with Gasteiger partial charge in [-0.3, -0.25) is 9.97 Å². The van der Waals surface area contributed by atoms with Crippen LogP contribution in [0.4, 0.5) is 11.4 Å². The zero-order valence-corrected chi connectivity index (χ0v) is 26.0. The zero-order chi connectivity index (χ0) is 31.9. The standard InChI is InChI=1S/C44H28N4/c1-3-7-37-27-41-39(25-35(37)5-1)43(33-13-9-29(10-14-33)31-17-21-45-22-18-31)48-42-28-38-8-4-2-6-36(38)26-40(42)44(47-41)34-15-11-30(12-16-34)32-19-23-46-24-20-32/h1-28H/b43-39?,44-40?,47-41?,47-44-,48-42?,48-43-. The quantitative estimate of drug-likeness (QED) is 0.199. The number of fused-ring (bicyclic) bond motifs is 4. The number of aromatic nitrogens is 2. The van der Waals surface area contributed by atoms with Crippen molar-refractivity contribution < 1.29 is 0 Å². The molecule has 0 atom stereocenters. The van der Waals surface area contributed by atoms with Gasteiger partial charge < -0.3 is 0 Å². The average molecular weight is 613 g/mol. The molecule has 1 aliphatic rings. The molecule has 224 valence electrons. The smallest absolute Gasteiger partial charge is 0.0803 e. The lowest BCUT2D eigenvalue weighted by Gasteiger charge is -2.20. The van der Waals surface area contributed by atoms with Crippen LogP contribution in [-0.2, 0) is 0 Å². The molecule has 0 saturated carbocycles. The van der Waals surface area contributed by atoms with Gasteiger partial charge in [0.25, 0.3) is 0 Å². The molecule has 0 radical (unpaired) electrons. The van der Waals surface area contributed by atoms with Crippen LogP contribution in [0.2, 0.25) is 0 Å². The molecule has 4 nitrogen and oxygen atoms in total. The molecule has 0 saturated heterocycles. The summed E-state index contributed by atoms with van der Waals surface area (Å²) in [5, 5.41) is 4.57. The summed E-state index contributed by atoms with van der Waals surface area (Å²) < 4.78 is 0. The van der Waals surface area contributed by atoms with Gasteiger partial charge in [-0.25, -0.2) is 9.98 Å². The molecule has 3 heterocycles. The van der Waals surface area contributed by atoms with Crippen molar-refractivity contribution in [2.75, 3.05) is 0 Å². The highest BCUT2D eigenvalue weighted by Crippen LogP contribution is 2.38. The fraction of sp³-hybridized carbons (Fsp3) is 0. The Kier molecular flexibility index (Phi) is 6.76. The maximum Gasteiger partial charge on any atom is 0.0803 e. The Morgan fingerprint density at radius 3 is 0.979 bits per heavy atom. The second-order valence-corrected chi connectivity index (χ2v) is 12.0. The van der Waals surface area contributed by atoms with Gasteiger partial charge in [-0.2, -0.15) is 0 Å². The minimum atomic E-state index is 0.887. The molecule has 8 aromatic rings. The molecule has 0 spiro atoms. The lowest BCUT2D eigenvalue weighted by atomic mass is 9.92. The van der Waals surface area contributed by atoms with Crippen molar-refractivity contribution in [2.24, 2.45) is 9.98 Å². The van der Waals surface area contributed by atoms with Crippen molar-refractivity contribution in [2.45, 2.75) is 0 Å². The number of nitrogens with zero attached hydrogens (tertiary/aromatic N) is 4. The molecule has 6 aromatic carbocycles. The molecule has 0 bridgehead atoms. The zero-order valence-electron chi connectivity index (χ0n) is 26.0. The maximum atomic E-state index is 5.53. The van der Waals surface area contributed by atoms with E-state index in [-0.39, 0.29) is 0 Å². The van der Waals surface area contributed by atoms with Crippen molar-refractivity contribution in [3.63, 3.8) is 0 Å². The fourth-order valence-corrected chi connectivity index (χ4v) is 6.55. The molecule has 0 N–H and O–H groups in total. The summed E-state index contributed by atoms with van der Waals surface area (Å²) in [5.74, 6) is 0. The van der Waals surface area contributed by atoms with E-state index >= 15 is 0 Å². The predicted octanol–water partition coefficient (Wildman–Crippen LogP) is 10.8. The molecule has 2 aromatic heterocycles. The summed E-state index contributed by atoms with van der Waals surface area (Å²) in [6, 6.07) is 51.2. The topological polar surface area (TPSA) is 50.5 Å². The van der Waals surface area contributed by atoms with Gasteiger partial charge in [0.15, 0.2) is 0 Å². The summed E-state index contributed by atoms with van der Waals surface area (Å²) in [6.45, 7) is 0. The highest BCUT2D eigenvalue weighted by molar-refractivity contribution is 6.24. The normalized spacial score (nSPS) is 14.6. The summed E-state index contributed by atoms with van der Waals surface area (Å²) in [7, 11) is 0. The molecule has 0 unspecified atom stereocenters. The van der Waals surface area contributed by atoms with E-state index in [4.69, 9.17) is 9.98 Å². The molecule has 1 aliphatic heterocycles. The first-order chi connectivity index (χ1) is 23.8. The first-order valence-electron chi connectivity index (χ1n) is 16.0. The molecule has 0 amide bonds. The average Bonchev–Trinajstić information content (AvgIpc) is 3.16. The highest BCUT2D eigenvalue weighted by Gasteiger charge is 2.22. The van der Waals surface area contributed by atoms with Crippen molar-refractivity contribution >= 4 is 44.3 Å². The predicted molar refractivity (Wildman–Crippen MR) is 198 cm³/mol. The summed E-state index contributed by atoms with van der Waals surface area (Å²) >= 11 is 0. The maximum absolute atomic E-state index is 5.53. The monoisotopic (exact) mass is 612 g/mol. The number of hydrogen-bond acceptors (Lipinski definition) is 4. The minimum Gasteiger partial charge on any atom is -0.265 e. The van der Waals surface area contributed by atoms with Gasteiger partial charge in [-0.05, 0) is 92.3 Å². The lowest BCUT2D eigenvalue weighted by Crippen LogP contribution is -2.10. The third-order valence-corrected chi connectivity index (χ3v) is 9.05. The van der Waals surface area contributed by atoms with E-state index < -0.39 is 0 Å². The van der Waals surface area contributed by atoms with Gasteiger partial charge in [0, 0.05) is 47.0 Å². The van der Waals surface area contributed by atoms with E-state index in [9.17, 15) is 0 Å². The van der Waals surface area contributed by atoms with E-state index in [1.807, 2.05) is 49.1 Å². The van der Waals surface area contributed by atoms with Crippen LogP contribution in [0.25, 0.3) is 43.8 Å². The summed E-state index contributed by atoms with van der Waals surface area (Å²) in [6.07, 6.45) is 7.31. The Balaban J connectivity index is 1.29. The largest absolute Gasteiger partial charge is 0.265 e. The van der Waals surface area contributed by atoms with Crippen LogP contribution < -0.4 is 0 Å². The summed E-state index contributed by atoms with van der Waals surface area (Å²) in [5.41, 5.74) is 12.1. The Hall–Kier alpha value is -6.52. The van der Waals surface area contributed by atoms with Crippen LogP contribution in [0.5, 0.6) is 0 Å². The Morgan fingerprint density at radius 2 is 0.604 bits per heavy atom. The van der Waals surface area contributed by atoms with Crippen LogP contribution >= 0.6 is 0 Å². The molecule has 48 heavy (non-hydrogen) atoms. The van der Waals surface area contributed by atoms with Gasteiger partial charge >= 0.3 is 0 Å². The van der Waals surface area contributed by atoms with E-state index in [1.54, 1.807) is 0 Å². The van der Waals surface area contributed by atoms with Gasteiger partial charge in [-0.1, -0.05) is 97.1 Å². The number of benzene rings is 6. The van der Waals surface area contributed by atoms with E-state index in [2.05, 4.69) is 131 Å². The third kappa shape index (κ3) is 5.06. The number of hydrogen-bond donors (Lipinski definition) is 0. The third-order valence-electron chi connectivity index (χ3n) is 9.05. The Bertz CT molecular complexity index is 2340. The van der Waals surface area contributed by atoms with Crippen molar-refractivity contribution in [3.8, 4) is 22.3 Å². The number of pyridine rings is 2. The second kappa shape index (κ2) is 11.7. The molecular formula is C44H28N4. The lowest BCUT2D eigenvalue weighted by molar-refractivity contribution is 1.33. The fourth-order valence-electron chi connectivity index (χ4n) is 6.55. The first-order valence-corrected chi connectivity index (χ1v) is 16.0. The van der Waals surface area contributed by atoms with Crippen LogP contribution in [-0.4, -0.2) is 21.4 Å². The minimum absolute atomic E-state index is 0.887. The molecule has 4 heteroatoms. The Morgan fingerprint density at radius 1 is 0.292 bits per heavy atom. The molecular weight excluding hydrogens is 585 g/mol. The van der Waals surface area contributed by atoms with Crippen molar-refractivity contribution in [1.82, 2.24) is 9.97 Å². The highest BCUT2D eigenvalue weighted by atomic mass is 14.8. The first kappa shape index (κ1) is 27.8. The SMILES string of the molecule is c1ccc2cc3c(cc2c1)/N=C(/c1ccc(-c2ccncc2)cc1)c1cc2ccccc2cc1/N=C\3c1ccc(-c2ccncc2)cc1. The van der Waals surface area contributed by atoms with Crippen molar-refractivity contribution in [1.29, 1.82) is 0 Å². The van der Waals surface area contributed by atoms with E-state index in [0.717, 1.165) is 88.9 Å². The summed E-state index contributed by atoms with van der Waals surface area (Å²) in [4.78, 5) is 19.4. The van der Waals surface area contributed by atoms with Gasteiger partial charge in [0.2, 0.25) is 0 Å². The van der Waals surface area contributed by atoms with Gasteiger partial charge in [-0.15, -0.1) is 0 Å². The number of rotatable bonds is 4. The van der Waals surface area contributed by atoms with Gasteiger partial charge in [0.05, 0.1) is 22.8 Å². The Labute approximate surface area is 278 Å². The van der Waals surface area contributed by atoms with Crippen LogP contribution in [0.15, 0.2) is 180 Å². The molecule has 9 rings (SSSR count). The van der Waals surface area contributed by atoms with Gasteiger partial charge in [0.1, 0.15) is 0 Å². The number of aliphatic imine (C=N–C) groups is 2. The van der Waals surface area contributed by atoms with Crippen LogP contribution in [0.3, 0.4) is 0 Å². The second-order valence-electron chi connectivity index (χ2n) is 12.0. The van der Waals surface area contributed by atoms with Crippen LogP contribution in [0.1, 0.15) is 22.3 Å². The van der Waals surface area contributed by atoms with Crippen molar-refractivity contribution in [3.05, 3.63) is 193 Å². The molecule has 0 fully saturated rings. The van der Waals surface area contributed by atoms with E-state index in [0.29, 0.717) is 0 Å². The molecule has 0 aliphatic carbocycles. The van der Waals surface area contributed by atoms with Crippen LogP contribution in [0, 0.1) is 0 Å². The van der Waals surface area contributed by atoms with E-state index in [1.165, 1.54) is 0 Å².